The van der Waals surface area contributed by atoms with Crippen LogP contribution in [0.4, 0.5) is 13.2 Å². The summed E-state index contributed by atoms with van der Waals surface area (Å²) in [5.74, 6) is -3.29. The van der Waals surface area contributed by atoms with Crippen LogP contribution in [0.3, 0.4) is 0 Å². The van der Waals surface area contributed by atoms with E-state index in [1.165, 1.54) is 0 Å². The molecule has 0 nitrogen and oxygen atoms in total. The maximum atomic E-state index is 12.4. The number of alkyl halides is 5. The normalized spacial score (nSPS) is 48.3. The van der Waals surface area contributed by atoms with Gasteiger partial charge in [-0.3, -0.25) is 0 Å². The average Bonchev–Trinajstić information content (AvgIpc) is 1.65. The predicted octanol–water partition coefficient (Wildman–Crippen LogP) is 2.69. The molecule has 0 radical (unpaired) electrons. The van der Waals surface area contributed by atoms with Crippen molar-refractivity contribution in [1.82, 2.24) is 0 Å². The van der Waals surface area contributed by atoms with Crippen LogP contribution in [0.25, 0.3) is 0 Å². The lowest BCUT2D eigenvalue weighted by atomic mass is 9.91. The second kappa shape index (κ2) is 1.78. The highest BCUT2D eigenvalue weighted by molar-refractivity contribution is 9.10. The monoisotopic (exact) mass is 222 g/mol. The predicted molar refractivity (Wildman–Crippen MR) is 32.0 cm³/mol. The van der Waals surface area contributed by atoms with Gasteiger partial charge in [-0.05, 0) is 15.9 Å². The molecule has 2 atom stereocenters. The van der Waals surface area contributed by atoms with Crippen LogP contribution < -0.4 is 0 Å². The zero-order valence-corrected chi connectivity index (χ0v) is 6.52. The van der Waals surface area contributed by atoms with E-state index in [4.69, 9.17) is 11.6 Å². The molecule has 0 N–H and O–H groups in total. The van der Waals surface area contributed by atoms with E-state index in [0.29, 0.717) is 0 Å². The van der Waals surface area contributed by atoms with Crippen LogP contribution in [-0.4, -0.2) is 15.9 Å². The maximum Gasteiger partial charge on any atom is 0.294 e. The van der Waals surface area contributed by atoms with Crippen molar-refractivity contribution in [3.05, 3.63) is 0 Å². The Morgan fingerprint density at radius 1 is 1.44 bits per heavy atom. The van der Waals surface area contributed by atoms with Gasteiger partial charge in [0.2, 0.25) is 4.58 Å². The summed E-state index contributed by atoms with van der Waals surface area (Å²) in [5, 5.41) is -1.10. The number of halogens is 5. The molecule has 2 unspecified atom stereocenters. The molecule has 1 rings (SSSR count). The van der Waals surface area contributed by atoms with Crippen LogP contribution >= 0.6 is 27.5 Å². The molecular formula is C4H3BrClF3. The number of hydrogen-bond acceptors (Lipinski definition) is 0. The SMILES string of the molecule is FC1(F)CC(Cl)C1(F)Br. The third kappa shape index (κ3) is 0.871. The Hall–Kier alpha value is 0.560. The molecule has 1 aliphatic carbocycles. The zero-order valence-electron chi connectivity index (χ0n) is 4.17. The first-order valence-electron chi connectivity index (χ1n) is 2.27. The fraction of sp³-hybridized carbons (Fsp3) is 1.00. The third-order valence-corrected chi connectivity index (χ3v) is 3.17. The summed E-state index contributed by atoms with van der Waals surface area (Å²) in [6.45, 7) is 0. The molecule has 0 aromatic carbocycles. The van der Waals surface area contributed by atoms with Crippen LogP contribution in [0.5, 0.6) is 0 Å². The Balaban J connectivity index is 2.70. The van der Waals surface area contributed by atoms with Gasteiger partial charge in [-0.1, -0.05) is 0 Å². The lowest BCUT2D eigenvalue weighted by Gasteiger charge is -2.42. The van der Waals surface area contributed by atoms with Crippen molar-refractivity contribution in [3.63, 3.8) is 0 Å². The van der Waals surface area contributed by atoms with Crippen LogP contribution in [0, 0.1) is 0 Å². The van der Waals surface area contributed by atoms with Gasteiger partial charge < -0.3 is 0 Å². The Labute approximate surface area is 63.5 Å². The molecule has 0 spiro atoms. The van der Waals surface area contributed by atoms with Gasteiger partial charge in [-0.2, -0.15) is 0 Å². The smallest absolute Gasteiger partial charge is 0.223 e. The minimum atomic E-state index is -3.29. The van der Waals surface area contributed by atoms with Crippen molar-refractivity contribution < 1.29 is 13.2 Å². The summed E-state index contributed by atoms with van der Waals surface area (Å²) < 4.78 is 33.9. The Morgan fingerprint density at radius 3 is 1.89 bits per heavy atom. The highest BCUT2D eigenvalue weighted by Gasteiger charge is 2.68. The molecule has 0 aliphatic heterocycles. The quantitative estimate of drug-likeness (QED) is 0.554. The third-order valence-electron chi connectivity index (χ3n) is 1.32. The van der Waals surface area contributed by atoms with Gasteiger partial charge in [-0.25, -0.2) is 13.2 Å². The van der Waals surface area contributed by atoms with E-state index in [9.17, 15) is 13.2 Å². The van der Waals surface area contributed by atoms with Crippen molar-refractivity contribution in [2.75, 3.05) is 0 Å². The summed E-state index contributed by atoms with van der Waals surface area (Å²) in [6.07, 6.45) is -0.587. The molecule has 5 heteroatoms. The molecule has 0 aromatic heterocycles. The minimum Gasteiger partial charge on any atom is -0.223 e. The molecule has 1 saturated carbocycles. The Bertz CT molecular complexity index is 136. The summed E-state index contributed by atoms with van der Waals surface area (Å²) in [6, 6.07) is 0. The highest BCUT2D eigenvalue weighted by Crippen LogP contribution is 2.56. The lowest BCUT2D eigenvalue weighted by Crippen LogP contribution is -2.58. The van der Waals surface area contributed by atoms with Crippen molar-refractivity contribution in [1.29, 1.82) is 0 Å². The van der Waals surface area contributed by atoms with Crippen LogP contribution in [0.15, 0.2) is 0 Å². The first-order chi connectivity index (χ1) is 3.88. The molecule has 0 amide bonds. The van der Waals surface area contributed by atoms with Crippen molar-refractivity contribution in [2.45, 2.75) is 22.3 Å². The van der Waals surface area contributed by atoms with Crippen molar-refractivity contribution >= 4 is 27.5 Å². The standard InChI is InChI=1S/C4H3BrClF3/c5-4(9)2(6)1-3(4,7)8/h2H,1H2. The maximum absolute atomic E-state index is 12.4. The number of rotatable bonds is 0. The largest absolute Gasteiger partial charge is 0.294 e. The first kappa shape index (κ1) is 7.66. The van der Waals surface area contributed by atoms with E-state index in [1.807, 2.05) is 0 Å². The van der Waals surface area contributed by atoms with Crippen LogP contribution in [0.1, 0.15) is 6.42 Å². The van der Waals surface area contributed by atoms with Gasteiger partial charge in [0.1, 0.15) is 0 Å². The summed E-state index contributed by atoms with van der Waals surface area (Å²) in [4.78, 5) is 0. The van der Waals surface area contributed by atoms with Gasteiger partial charge in [0.05, 0.1) is 5.38 Å². The summed E-state index contributed by atoms with van der Waals surface area (Å²) in [7, 11) is 0. The molecule has 1 fully saturated rings. The van der Waals surface area contributed by atoms with E-state index in [-0.39, 0.29) is 0 Å². The zero-order chi connectivity index (χ0) is 7.28. The van der Waals surface area contributed by atoms with Gasteiger partial charge in [-0.15, -0.1) is 11.6 Å². The molecule has 9 heavy (non-hydrogen) atoms. The molecule has 0 bridgehead atoms. The Morgan fingerprint density at radius 2 is 1.89 bits per heavy atom. The average molecular weight is 223 g/mol. The van der Waals surface area contributed by atoms with Gasteiger partial charge in [0.15, 0.2) is 0 Å². The van der Waals surface area contributed by atoms with E-state index < -0.39 is 22.3 Å². The second-order valence-corrected chi connectivity index (χ2v) is 3.68. The summed E-state index contributed by atoms with van der Waals surface area (Å²) in [5.41, 5.74) is 0. The second-order valence-electron chi connectivity index (χ2n) is 2.00. The molecule has 54 valence electrons. The molecule has 0 heterocycles. The lowest BCUT2D eigenvalue weighted by molar-refractivity contribution is -0.153. The van der Waals surface area contributed by atoms with Gasteiger partial charge >= 0.3 is 0 Å². The topological polar surface area (TPSA) is 0 Å². The fourth-order valence-corrected chi connectivity index (χ4v) is 1.26. The number of hydrogen-bond donors (Lipinski definition) is 0. The minimum absolute atomic E-state index is 0.587. The van der Waals surface area contributed by atoms with E-state index >= 15 is 0 Å². The highest BCUT2D eigenvalue weighted by atomic mass is 79.9. The van der Waals surface area contributed by atoms with E-state index in [1.54, 1.807) is 0 Å². The van der Waals surface area contributed by atoms with Crippen LogP contribution in [0.2, 0.25) is 0 Å². The van der Waals surface area contributed by atoms with Gasteiger partial charge in [0.25, 0.3) is 5.92 Å². The summed E-state index contributed by atoms with van der Waals surface area (Å²) >= 11 is 7.33. The first-order valence-corrected chi connectivity index (χ1v) is 3.50. The van der Waals surface area contributed by atoms with E-state index in [0.717, 1.165) is 0 Å². The van der Waals surface area contributed by atoms with Crippen molar-refractivity contribution in [2.24, 2.45) is 0 Å². The molecule has 0 aromatic rings. The van der Waals surface area contributed by atoms with Crippen LogP contribution in [-0.2, 0) is 0 Å². The molecular weight excluding hydrogens is 220 g/mol. The molecule has 1 aliphatic rings. The van der Waals surface area contributed by atoms with Crippen molar-refractivity contribution in [3.8, 4) is 0 Å². The fourth-order valence-electron chi connectivity index (χ4n) is 0.587. The molecule has 0 saturated heterocycles. The Kier molecular flexibility index (Phi) is 1.52. The van der Waals surface area contributed by atoms with Gasteiger partial charge in [0, 0.05) is 6.42 Å². The van der Waals surface area contributed by atoms with E-state index in [2.05, 4.69) is 15.9 Å².